The Kier molecular flexibility index (Phi) is 7.21. The van der Waals surface area contributed by atoms with E-state index in [2.05, 4.69) is 21.7 Å². The standard InChI is InChI=1S/C22H24N2O4S/c1-15(2)28-20-10-18(22(26)24-21-4-3-17(13-25)12-23-21)9-19(11-20)27-7-5-16-6-8-29-14-16/h3-4,6,8-12,14-15,25H,5,7,13H2,1-2H3,(H,23,24,26). The molecule has 152 valence electrons. The third-order valence-corrected chi connectivity index (χ3v) is 4.73. The summed E-state index contributed by atoms with van der Waals surface area (Å²) in [6.07, 6.45) is 2.29. The first-order valence-electron chi connectivity index (χ1n) is 9.36. The fraction of sp³-hybridized carbons (Fsp3) is 0.273. The number of pyridine rings is 1. The third-order valence-electron chi connectivity index (χ3n) is 4.00. The summed E-state index contributed by atoms with van der Waals surface area (Å²) in [6, 6.07) is 10.6. The van der Waals surface area contributed by atoms with Gasteiger partial charge in [-0.15, -0.1) is 0 Å². The van der Waals surface area contributed by atoms with Crippen LogP contribution in [0.25, 0.3) is 0 Å². The van der Waals surface area contributed by atoms with E-state index in [-0.39, 0.29) is 18.6 Å². The molecule has 0 spiro atoms. The summed E-state index contributed by atoms with van der Waals surface area (Å²) >= 11 is 1.66. The van der Waals surface area contributed by atoms with Crippen molar-refractivity contribution in [3.63, 3.8) is 0 Å². The van der Waals surface area contributed by atoms with E-state index in [1.807, 2.05) is 19.2 Å². The van der Waals surface area contributed by atoms with E-state index in [0.717, 1.165) is 6.42 Å². The van der Waals surface area contributed by atoms with Crippen LogP contribution in [0.3, 0.4) is 0 Å². The highest BCUT2D eigenvalue weighted by Gasteiger charge is 2.12. The Hall–Kier alpha value is -2.90. The molecule has 2 N–H and O–H groups in total. The van der Waals surface area contributed by atoms with Gasteiger partial charge < -0.3 is 19.9 Å². The second-order valence-electron chi connectivity index (χ2n) is 6.75. The second-order valence-corrected chi connectivity index (χ2v) is 7.53. The first-order chi connectivity index (χ1) is 14.0. The fourth-order valence-corrected chi connectivity index (χ4v) is 3.33. The van der Waals surface area contributed by atoms with Crippen LogP contribution >= 0.6 is 11.3 Å². The summed E-state index contributed by atoms with van der Waals surface area (Å²) in [5, 5.41) is 16.0. The summed E-state index contributed by atoms with van der Waals surface area (Å²) in [6.45, 7) is 4.27. The molecule has 1 aromatic carbocycles. The molecule has 0 unspecified atom stereocenters. The number of benzene rings is 1. The molecular weight excluding hydrogens is 388 g/mol. The number of aromatic nitrogens is 1. The minimum Gasteiger partial charge on any atom is -0.493 e. The van der Waals surface area contributed by atoms with E-state index in [9.17, 15) is 4.79 Å². The molecule has 3 rings (SSSR count). The highest BCUT2D eigenvalue weighted by molar-refractivity contribution is 7.07. The third kappa shape index (κ3) is 6.30. The van der Waals surface area contributed by atoms with E-state index in [0.29, 0.717) is 35.1 Å². The van der Waals surface area contributed by atoms with Crippen LogP contribution < -0.4 is 14.8 Å². The number of carbonyl (C=O) groups is 1. The number of aliphatic hydroxyl groups is 1. The molecule has 0 atom stereocenters. The average molecular weight is 413 g/mol. The molecule has 2 heterocycles. The van der Waals surface area contributed by atoms with Gasteiger partial charge in [-0.1, -0.05) is 6.07 Å². The number of hydrogen-bond donors (Lipinski definition) is 2. The van der Waals surface area contributed by atoms with Gasteiger partial charge in [0.05, 0.1) is 19.3 Å². The maximum absolute atomic E-state index is 12.7. The van der Waals surface area contributed by atoms with Crippen LogP contribution in [-0.4, -0.2) is 28.7 Å². The van der Waals surface area contributed by atoms with E-state index < -0.39 is 0 Å². The number of rotatable bonds is 9. The number of aliphatic hydroxyl groups excluding tert-OH is 1. The van der Waals surface area contributed by atoms with Crippen LogP contribution in [0.1, 0.15) is 35.3 Å². The molecule has 1 amide bonds. The Morgan fingerprint density at radius 3 is 2.66 bits per heavy atom. The molecule has 3 aromatic rings. The molecular formula is C22H24N2O4S. The molecule has 0 saturated carbocycles. The maximum Gasteiger partial charge on any atom is 0.257 e. The lowest BCUT2D eigenvalue weighted by Crippen LogP contribution is -2.14. The monoisotopic (exact) mass is 412 g/mol. The SMILES string of the molecule is CC(C)Oc1cc(OCCc2ccsc2)cc(C(=O)Nc2ccc(CO)cn2)c1. The van der Waals surface area contributed by atoms with Crippen LogP contribution in [0, 0.1) is 0 Å². The van der Waals surface area contributed by atoms with Gasteiger partial charge in [0.25, 0.3) is 5.91 Å². The molecule has 7 heteroatoms. The van der Waals surface area contributed by atoms with Gasteiger partial charge in [-0.05, 0) is 60.0 Å². The second kappa shape index (κ2) is 10.0. The lowest BCUT2D eigenvalue weighted by atomic mass is 10.1. The van der Waals surface area contributed by atoms with Gasteiger partial charge in [0, 0.05) is 24.2 Å². The van der Waals surface area contributed by atoms with Crippen molar-refractivity contribution in [3.8, 4) is 11.5 Å². The number of nitrogens with zero attached hydrogens (tertiary/aromatic N) is 1. The molecule has 0 aliphatic heterocycles. The van der Waals surface area contributed by atoms with Gasteiger partial charge in [-0.3, -0.25) is 4.79 Å². The van der Waals surface area contributed by atoms with Crippen molar-refractivity contribution in [1.82, 2.24) is 4.98 Å². The molecule has 0 bridgehead atoms. The average Bonchev–Trinajstić information content (AvgIpc) is 3.21. The zero-order chi connectivity index (χ0) is 20.6. The van der Waals surface area contributed by atoms with Gasteiger partial charge in [-0.25, -0.2) is 4.98 Å². The number of anilines is 1. The van der Waals surface area contributed by atoms with Gasteiger partial charge in [-0.2, -0.15) is 11.3 Å². The van der Waals surface area contributed by atoms with E-state index in [1.165, 1.54) is 11.8 Å². The Bertz CT molecular complexity index is 924. The predicted octanol–water partition coefficient (Wildman–Crippen LogP) is 4.30. The molecule has 0 radical (unpaired) electrons. The number of thiophene rings is 1. The first kappa shape index (κ1) is 20.8. The normalized spacial score (nSPS) is 10.8. The Morgan fingerprint density at radius 2 is 2.00 bits per heavy atom. The highest BCUT2D eigenvalue weighted by atomic mass is 32.1. The minimum absolute atomic E-state index is 0.0281. The summed E-state index contributed by atoms with van der Waals surface area (Å²) in [5.41, 5.74) is 2.32. The lowest BCUT2D eigenvalue weighted by Gasteiger charge is -2.14. The van der Waals surface area contributed by atoms with Crippen LogP contribution in [0.4, 0.5) is 5.82 Å². The summed E-state index contributed by atoms with van der Waals surface area (Å²) in [4.78, 5) is 16.8. The zero-order valence-electron chi connectivity index (χ0n) is 16.4. The van der Waals surface area contributed by atoms with Gasteiger partial charge >= 0.3 is 0 Å². The predicted molar refractivity (Wildman–Crippen MR) is 114 cm³/mol. The van der Waals surface area contributed by atoms with Crippen LogP contribution in [0.15, 0.2) is 53.4 Å². The van der Waals surface area contributed by atoms with Gasteiger partial charge in [0.15, 0.2) is 0 Å². The van der Waals surface area contributed by atoms with Gasteiger partial charge in [0.2, 0.25) is 0 Å². The van der Waals surface area contributed by atoms with Crippen LogP contribution in [-0.2, 0) is 13.0 Å². The molecule has 2 aromatic heterocycles. The van der Waals surface area contributed by atoms with Crippen molar-refractivity contribution in [2.75, 3.05) is 11.9 Å². The fourth-order valence-electron chi connectivity index (χ4n) is 2.63. The Labute approximate surface area is 174 Å². The molecule has 6 nitrogen and oxygen atoms in total. The van der Waals surface area contributed by atoms with E-state index in [4.69, 9.17) is 14.6 Å². The van der Waals surface area contributed by atoms with Crippen molar-refractivity contribution < 1.29 is 19.4 Å². The molecule has 0 fully saturated rings. The summed E-state index contributed by atoms with van der Waals surface area (Å²) < 4.78 is 11.7. The quantitative estimate of drug-likeness (QED) is 0.548. The summed E-state index contributed by atoms with van der Waals surface area (Å²) in [7, 11) is 0. The number of carbonyl (C=O) groups excluding carboxylic acids is 1. The van der Waals surface area contributed by atoms with Crippen molar-refractivity contribution in [2.24, 2.45) is 0 Å². The van der Waals surface area contributed by atoms with Crippen molar-refractivity contribution in [3.05, 3.63) is 70.0 Å². The van der Waals surface area contributed by atoms with Crippen molar-refractivity contribution in [1.29, 1.82) is 0 Å². The van der Waals surface area contributed by atoms with Crippen molar-refractivity contribution >= 4 is 23.1 Å². The molecule has 0 saturated heterocycles. The first-order valence-corrected chi connectivity index (χ1v) is 10.3. The number of hydrogen-bond acceptors (Lipinski definition) is 6. The number of nitrogens with one attached hydrogen (secondary N) is 1. The topological polar surface area (TPSA) is 80.7 Å². The van der Waals surface area contributed by atoms with Crippen LogP contribution in [0.2, 0.25) is 0 Å². The maximum atomic E-state index is 12.7. The molecule has 0 aliphatic rings. The number of amides is 1. The largest absolute Gasteiger partial charge is 0.493 e. The Morgan fingerprint density at radius 1 is 1.17 bits per heavy atom. The highest BCUT2D eigenvalue weighted by Crippen LogP contribution is 2.25. The van der Waals surface area contributed by atoms with Crippen LogP contribution in [0.5, 0.6) is 11.5 Å². The van der Waals surface area contributed by atoms with Crippen molar-refractivity contribution in [2.45, 2.75) is 33.0 Å². The molecule has 29 heavy (non-hydrogen) atoms. The smallest absolute Gasteiger partial charge is 0.257 e. The number of ether oxygens (including phenoxy) is 2. The van der Waals surface area contributed by atoms with E-state index in [1.54, 1.807) is 41.7 Å². The lowest BCUT2D eigenvalue weighted by molar-refractivity contribution is 0.102. The Balaban J connectivity index is 1.73. The zero-order valence-corrected chi connectivity index (χ0v) is 17.2. The molecule has 0 aliphatic carbocycles. The van der Waals surface area contributed by atoms with Gasteiger partial charge in [0.1, 0.15) is 17.3 Å². The summed E-state index contributed by atoms with van der Waals surface area (Å²) in [5.74, 6) is 1.24. The minimum atomic E-state index is -0.314. The van der Waals surface area contributed by atoms with E-state index >= 15 is 0 Å².